The highest BCUT2D eigenvalue weighted by Gasteiger charge is 2.38. The van der Waals surface area contributed by atoms with Crippen LogP contribution in [0.5, 0.6) is 0 Å². The second-order valence-corrected chi connectivity index (χ2v) is 8.10. The maximum Gasteiger partial charge on any atom is 0.0897 e. The van der Waals surface area contributed by atoms with Crippen LogP contribution in [0.25, 0.3) is 0 Å². The van der Waals surface area contributed by atoms with Gasteiger partial charge in [0.2, 0.25) is 0 Å². The zero-order chi connectivity index (χ0) is 15.2. The second-order valence-electron chi connectivity index (χ2n) is 8.10. The van der Waals surface area contributed by atoms with Gasteiger partial charge in [-0.2, -0.15) is 0 Å². The van der Waals surface area contributed by atoms with Crippen LogP contribution < -0.4 is 5.32 Å². The van der Waals surface area contributed by atoms with E-state index in [4.69, 9.17) is 4.74 Å². The van der Waals surface area contributed by atoms with E-state index in [9.17, 15) is 5.11 Å². The van der Waals surface area contributed by atoms with Crippen molar-refractivity contribution in [3.8, 4) is 0 Å². The molecule has 0 aromatic heterocycles. The average molecular weight is 285 g/mol. The fraction of sp³-hybridized carbons (Fsp3) is 1.00. The zero-order valence-corrected chi connectivity index (χ0v) is 14.2. The predicted octanol–water partition coefficient (Wildman–Crippen LogP) is 3.36. The fourth-order valence-electron chi connectivity index (χ4n) is 3.82. The average Bonchev–Trinajstić information content (AvgIpc) is 2.28. The Hall–Kier alpha value is -0.120. The molecule has 1 atom stereocenters. The number of rotatable bonds is 8. The lowest BCUT2D eigenvalue weighted by molar-refractivity contribution is 0.0273. The van der Waals surface area contributed by atoms with E-state index in [1.54, 1.807) is 0 Å². The van der Waals surface area contributed by atoms with E-state index in [0.717, 1.165) is 19.4 Å². The summed E-state index contributed by atoms with van der Waals surface area (Å²) in [5, 5.41) is 13.5. The summed E-state index contributed by atoms with van der Waals surface area (Å²) in [6.07, 6.45) is 5.49. The molecule has 1 saturated carbocycles. The molecule has 0 aromatic rings. The van der Waals surface area contributed by atoms with Gasteiger partial charge in [-0.1, -0.05) is 41.0 Å². The monoisotopic (exact) mass is 285 g/mol. The Morgan fingerprint density at radius 1 is 1.20 bits per heavy atom. The lowest BCUT2D eigenvalue weighted by Gasteiger charge is -2.45. The van der Waals surface area contributed by atoms with Gasteiger partial charge >= 0.3 is 0 Å². The highest BCUT2D eigenvalue weighted by atomic mass is 16.5. The molecule has 2 N–H and O–H groups in total. The number of aliphatic hydroxyl groups is 1. The van der Waals surface area contributed by atoms with Crippen LogP contribution in [-0.4, -0.2) is 37.0 Å². The first-order valence-corrected chi connectivity index (χ1v) is 8.23. The summed E-state index contributed by atoms with van der Waals surface area (Å²) in [5.74, 6) is 0. The van der Waals surface area contributed by atoms with E-state index in [-0.39, 0.29) is 6.10 Å². The number of ether oxygens (including phenoxy) is 1. The molecule has 120 valence electrons. The summed E-state index contributed by atoms with van der Waals surface area (Å²) in [6, 6.07) is 0.513. The number of nitrogens with one attached hydrogen (secondary N) is 1. The van der Waals surface area contributed by atoms with Crippen molar-refractivity contribution in [3.63, 3.8) is 0 Å². The molecule has 1 fully saturated rings. The van der Waals surface area contributed by atoms with Gasteiger partial charge in [0.15, 0.2) is 0 Å². The first-order valence-electron chi connectivity index (χ1n) is 8.23. The van der Waals surface area contributed by atoms with Crippen molar-refractivity contribution < 1.29 is 9.84 Å². The first kappa shape index (κ1) is 17.9. The number of aliphatic hydroxyl groups excluding tert-OH is 1. The molecule has 1 aliphatic rings. The molecule has 20 heavy (non-hydrogen) atoms. The smallest absolute Gasteiger partial charge is 0.0897 e. The maximum atomic E-state index is 9.95. The van der Waals surface area contributed by atoms with E-state index in [1.165, 1.54) is 19.3 Å². The van der Waals surface area contributed by atoms with Crippen LogP contribution >= 0.6 is 0 Å². The molecule has 0 spiro atoms. The minimum atomic E-state index is -0.389. The Bertz CT molecular complexity index is 260. The van der Waals surface area contributed by atoms with Gasteiger partial charge in [-0.05, 0) is 36.5 Å². The minimum absolute atomic E-state index is 0.389. The summed E-state index contributed by atoms with van der Waals surface area (Å²) >= 11 is 0. The van der Waals surface area contributed by atoms with Crippen molar-refractivity contribution >= 4 is 0 Å². The fourth-order valence-corrected chi connectivity index (χ4v) is 3.82. The topological polar surface area (TPSA) is 41.5 Å². The van der Waals surface area contributed by atoms with Crippen LogP contribution in [0.1, 0.15) is 66.7 Å². The van der Waals surface area contributed by atoms with Gasteiger partial charge in [0, 0.05) is 19.2 Å². The molecule has 0 aromatic carbocycles. The minimum Gasteiger partial charge on any atom is -0.389 e. The summed E-state index contributed by atoms with van der Waals surface area (Å²) < 4.78 is 5.47. The summed E-state index contributed by atoms with van der Waals surface area (Å²) in [6.45, 7) is 13.4. The normalized spacial score (nSPS) is 23.7. The van der Waals surface area contributed by atoms with E-state index in [2.05, 4.69) is 39.9 Å². The van der Waals surface area contributed by atoms with Crippen LogP contribution in [0.3, 0.4) is 0 Å². The molecule has 1 rings (SSSR count). The van der Waals surface area contributed by atoms with Crippen molar-refractivity contribution in [3.05, 3.63) is 0 Å². The van der Waals surface area contributed by atoms with Crippen LogP contribution in [-0.2, 0) is 4.74 Å². The van der Waals surface area contributed by atoms with Gasteiger partial charge in [-0.25, -0.2) is 0 Å². The molecular weight excluding hydrogens is 250 g/mol. The third kappa shape index (κ3) is 7.05. The molecule has 0 aliphatic heterocycles. The van der Waals surface area contributed by atoms with Gasteiger partial charge < -0.3 is 15.2 Å². The molecule has 0 bridgehead atoms. The third-order valence-corrected chi connectivity index (χ3v) is 4.15. The van der Waals surface area contributed by atoms with E-state index < -0.39 is 0 Å². The predicted molar refractivity (Wildman–Crippen MR) is 84.9 cm³/mol. The van der Waals surface area contributed by atoms with Crippen molar-refractivity contribution in [2.24, 2.45) is 10.8 Å². The quantitative estimate of drug-likeness (QED) is 0.672. The molecular formula is C17H35NO2. The van der Waals surface area contributed by atoms with Crippen LogP contribution in [0, 0.1) is 10.8 Å². The maximum absolute atomic E-state index is 9.95. The Morgan fingerprint density at radius 2 is 1.80 bits per heavy atom. The van der Waals surface area contributed by atoms with Gasteiger partial charge in [-0.15, -0.1) is 0 Å². The van der Waals surface area contributed by atoms with Crippen molar-refractivity contribution in [2.45, 2.75) is 78.9 Å². The van der Waals surface area contributed by atoms with Crippen LogP contribution in [0.15, 0.2) is 0 Å². The summed E-state index contributed by atoms with van der Waals surface area (Å²) in [5.41, 5.74) is 0.782. The highest BCUT2D eigenvalue weighted by Crippen LogP contribution is 2.45. The Labute approximate surface area is 125 Å². The molecule has 0 heterocycles. The number of hydrogen-bond acceptors (Lipinski definition) is 3. The third-order valence-electron chi connectivity index (χ3n) is 4.15. The highest BCUT2D eigenvalue weighted by molar-refractivity contribution is 4.92. The number of hydrogen-bond donors (Lipinski definition) is 2. The van der Waals surface area contributed by atoms with Gasteiger partial charge in [0.05, 0.1) is 12.7 Å². The molecule has 3 nitrogen and oxygen atoms in total. The molecule has 1 aliphatic carbocycles. The lowest BCUT2D eigenvalue weighted by atomic mass is 9.63. The van der Waals surface area contributed by atoms with E-state index >= 15 is 0 Å². The molecule has 0 radical (unpaired) electrons. The summed E-state index contributed by atoms with van der Waals surface area (Å²) in [7, 11) is 0. The van der Waals surface area contributed by atoms with E-state index in [0.29, 0.717) is 30.0 Å². The van der Waals surface area contributed by atoms with Gasteiger partial charge in [-0.3, -0.25) is 0 Å². The van der Waals surface area contributed by atoms with E-state index in [1.807, 2.05) is 0 Å². The largest absolute Gasteiger partial charge is 0.389 e. The second kappa shape index (κ2) is 7.77. The van der Waals surface area contributed by atoms with Crippen molar-refractivity contribution in [1.82, 2.24) is 5.32 Å². The SMILES string of the molecule is CCCCOCC(O)CNC1CC(C)(C)CC(C)(C)C1. The lowest BCUT2D eigenvalue weighted by Crippen LogP contribution is -2.46. The van der Waals surface area contributed by atoms with Gasteiger partial charge in [0.25, 0.3) is 0 Å². The van der Waals surface area contributed by atoms with Crippen molar-refractivity contribution in [2.75, 3.05) is 19.8 Å². The molecule has 3 heteroatoms. The molecule has 0 amide bonds. The Morgan fingerprint density at radius 3 is 2.35 bits per heavy atom. The molecule has 1 unspecified atom stereocenters. The van der Waals surface area contributed by atoms with Crippen LogP contribution in [0.4, 0.5) is 0 Å². The van der Waals surface area contributed by atoms with Gasteiger partial charge in [0.1, 0.15) is 0 Å². The Kier molecular flexibility index (Phi) is 6.96. The standard InChI is InChI=1S/C17H35NO2/c1-6-7-8-20-12-15(19)11-18-14-9-16(2,3)13-17(4,5)10-14/h14-15,18-19H,6-13H2,1-5H3. The number of unbranched alkanes of at least 4 members (excludes halogenated alkanes) is 1. The molecule has 0 saturated heterocycles. The Balaban J connectivity index is 2.26. The first-order chi connectivity index (χ1) is 9.24. The summed E-state index contributed by atoms with van der Waals surface area (Å²) in [4.78, 5) is 0. The zero-order valence-electron chi connectivity index (χ0n) is 14.2. The van der Waals surface area contributed by atoms with Crippen molar-refractivity contribution in [1.29, 1.82) is 0 Å². The van der Waals surface area contributed by atoms with Crippen LogP contribution in [0.2, 0.25) is 0 Å².